The second-order valence-electron chi connectivity index (χ2n) is 5.23. The normalized spacial score (nSPS) is 18.5. The van der Waals surface area contributed by atoms with Crippen LogP contribution in [0.2, 0.25) is 0 Å². The van der Waals surface area contributed by atoms with Gasteiger partial charge in [-0.1, -0.05) is 26.2 Å². The Hall–Kier alpha value is -1.03. The van der Waals surface area contributed by atoms with Crippen LogP contribution in [0, 0.1) is 23.4 Å². The molecule has 0 spiro atoms. The number of hydrogen-bond acceptors (Lipinski definition) is 1. The lowest BCUT2D eigenvalue weighted by Crippen LogP contribution is -2.30. The van der Waals surface area contributed by atoms with E-state index < -0.39 is 17.5 Å². The highest BCUT2D eigenvalue weighted by molar-refractivity contribution is 5.23. The van der Waals surface area contributed by atoms with Crippen molar-refractivity contribution >= 4 is 0 Å². The van der Waals surface area contributed by atoms with Gasteiger partial charge >= 0.3 is 0 Å². The summed E-state index contributed by atoms with van der Waals surface area (Å²) >= 11 is 0. The summed E-state index contributed by atoms with van der Waals surface area (Å²) < 4.78 is 39.8. The molecule has 4 heteroatoms. The zero-order valence-corrected chi connectivity index (χ0v) is 11.2. The van der Waals surface area contributed by atoms with Crippen molar-refractivity contribution in [2.75, 3.05) is 6.54 Å². The van der Waals surface area contributed by atoms with Crippen molar-refractivity contribution in [3.8, 4) is 0 Å². The van der Waals surface area contributed by atoms with Crippen molar-refractivity contribution in [3.63, 3.8) is 0 Å². The third kappa shape index (κ3) is 3.30. The van der Waals surface area contributed by atoms with E-state index >= 15 is 0 Å². The summed E-state index contributed by atoms with van der Waals surface area (Å²) in [7, 11) is 0. The smallest absolute Gasteiger partial charge is 0.194 e. The van der Waals surface area contributed by atoms with Gasteiger partial charge in [-0.15, -0.1) is 0 Å². The highest BCUT2D eigenvalue weighted by Crippen LogP contribution is 2.35. The first-order valence-electron chi connectivity index (χ1n) is 7.01. The minimum absolute atomic E-state index is 0.0881. The predicted octanol–water partition coefficient (Wildman–Crippen LogP) is 4.33. The summed E-state index contributed by atoms with van der Waals surface area (Å²) in [6.45, 7) is 2.69. The molecule has 19 heavy (non-hydrogen) atoms. The first-order chi connectivity index (χ1) is 9.13. The lowest BCUT2D eigenvalue weighted by atomic mass is 9.81. The molecule has 1 aliphatic carbocycles. The number of nitrogens with one attached hydrogen (secondary N) is 1. The lowest BCUT2D eigenvalue weighted by Gasteiger charge is -2.31. The average molecular weight is 271 g/mol. The molecule has 1 N–H and O–H groups in total. The van der Waals surface area contributed by atoms with Gasteiger partial charge in [-0.05, 0) is 43.0 Å². The van der Waals surface area contributed by atoms with Crippen LogP contribution >= 0.6 is 0 Å². The molecule has 0 bridgehead atoms. The molecule has 0 aromatic heterocycles. The Kier molecular flexibility index (Phi) is 4.86. The van der Waals surface area contributed by atoms with Crippen molar-refractivity contribution in [1.29, 1.82) is 0 Å². The average Bonchev–Trinajstić information content (AvgIpc) is 2.42. The van der Waals surface area contributed by atoms with Gasteiger partial charge in [0.1, 0.15) is 0 Å². The number of hydrogen-bond donors (Lipinski definition) is 1. The molecule has 0 amide bonds. The number of benzene rings is 1. The van der Waals surface area contributed by atoms with Crippen molar-refractivity contribution in [3.05, 3.63) is 35.1 Å². The van der Waals surface area contributed by atoms with Crippen molar-refractivity contribution in [2.24, 2.45) is 5.92 Å². The van der Waals surface area contributed by atoms with E-state index in [2.05, 4.69) is 5.32 Å². The first-order valence-corrected chi connectivity index (χ1v) is 7.01. The van der Waals surface area contributed by atoms with Gasteiger partial charge in [-0.25, -0.2) is 13.2 Å². The first kappa shape index (κ1) is 14.4. The van der Waals surface area contributed by atoms with E-state index in [1.54, 1.807) is 0 Å². The van der Waals surface area contributed by atoms with Crippen LogP contribution in [-0.2, 0) is 0 Å². The molecule has 0 saturated heterocycles. The molecule has 106 valence electrons. The van der Waals surface area contributed by atoms with E-state index in [4.69, 9.17) is 0 Å². The van der Waals surface area contributed by atoms with Crippen LogP contribution in [0.4, 0.5) is 13.2 Å². The van der Waals surface area contributed by atoms with E-state index in [0.29, 0.717) is 11.5 Å². The van der Waals surface area contributed by atoms with Crippen molar-refractivity contribution in [1.82, 2.24) is 5.32 Å². The SMILES string of the molecule is CCNC(c1cc(F)c(F)c(F)c1)C1CCCCC1. The summed E-state index contributed by atoms with van der Waals surface area (Å²) in [5.41, 5.74) is 0.519. The Bertz CT molecular complexity index is 404. The van der Waals surface area contributed by atoms with Gasteiger partial charge in [0, 0.05) is 6.04 Å². The highest BCUT2D eigenvalue weighted by atomic mass is 19.2. The molecule has 1 aromatic carbocycles. The largest absolute Gasteiger partial charge is 0.310 e. The molecule has 0 heterocycles. The van der Waals surface area contributed by atoms with E-state index in [-0.39, 0.29) is 6.04 Å². The Labute approximate surface area is 112 Å². The van der Waals surface area contributed by atoms with Crippen molar-refractivity contribution < 1.29 is 13.2 Å². The van der Waals surface area contributed by atoms with Gasteiger partial charge in [0.15, 0.2) is 17.5 Å². The van der Waals surface area contributed by atoms with E-state index in [9.17, 15) is 13.2 Å². The van der Waals surface area contributed by atoms with Gasteiger partial charge < -0.3 is 5.32 Å². The fourth-order valence-corrected chi connectivity index (χ4v) is 3.00. The Morgan fingerprint density at radius 1 is 1.11 bits per heavy atom. The molecule has 1 nitrogen and oxygen atoms in total. The Morgan fingerprint density at radius 2 is 1.68 bits per heavy atom. The van der Waals surface area contributed by atoms with Gasteiger partial charge in [0.05, 0.1) is 0 Å². The van der Waals surface area contributed by atoms with Crippen LogP contribution in [0.15, 0.2) is 12.1 Å². The molecule has 1 unspecified atom stereocenters. The molecule has 0 aliphatic heterocycles. The molecule has 1 aromatic rings. The maximum absolute atomic E-state index is 13.4. The Balaban J connectivity index is 2.27. The summed E-state index contributed by atoms with van der Waals surface area (Å²) in [4.78, 5) is 0. The van der Waals surface area contributed by atoms with Gasteiger partial charge in [0.25, 0.3) is 0 Å². The van der Waals surface area contributed by atoms with Crippen molar-refractivity contribution in [2.45, 2.75) is 45.1 Å². The fraction of sp³-hybridized carbons (Fsp3) is 0.600. The maximum atomic E-state index is 13.4. The number of rotatable bonds is 4. The third-order valence-electron chi connectivity index (χ3n) is 3.91. The summed E-state index contributed by atoms with van der Waals surface area (Å²) in [6.07, 6.45) is 5.63. The zero-order chi connectivity index (χ0) is 13.8. The molecule has 1 aliphatic rings. The zero-order valence-electron chi connectivity index (χ0n) is 11.2. The van der Waals surface area contributed by atoms with Gasteiger partial charge in [-0.2, -0.15) is 0 Å². The summed E-state index contributed by atoms with van der Waals surface area (Å²) in [5, 5.41) is 3.29. The monoisotopic (exact) mass is 271 g/mol. The summed E-state index contributed by atoms with van der Waals surface area (Å²) in [5.74, 6) is -3.22. The lowest BCUT2D eigenvalue weighted by molar-refractivity contribution is 0.273. The molecule has 2 rings (SSSR count). The van der Waals surface area contributed by atoms with Crippen LogP contribution in [0.1, 0.15) is 50.6 Å². The van der Waals surface area contributed by atoms with Crippen LogP contribution in [-0.4, -0.2) is 6.54 Å². The van der Waals surface area contributed by atoms with E-state index in [0.717, 1.165) is 44.4 Å². The molecule has 1 saturated carbocycles. The van der Waals surface area contributed by atoms with Crippen LogP contribution in [0.25, 0.3) is 0 Å². The minimum Gasteiger partial charge on any atom is -0.310 e. The second kappa shape index (κ2) is 6.42. The van der Waals surface area contributed by atoms with E-state index in [1.165, 1.54) is 6.42 Å². The van der Waals surface area contributed by atoms with Gasteiger partial charge in [0.2, 0.25) is 0 Å². The maximum Gasteiger partial charge on any atom is 0.194 e. The highest BCUT2D eigenvalue weighted by Gasteiger charge is 2.26. The molecule has 1 atom stereocenters. The van der Waals surface area contributed by atoms with E-state index in [1.807, 2.05) is 6.92 Å². The Morgan fingerprint density at radius 3 is 2.21 bits per heavy atom. The molecular formula is C15H20F3N. The fourth-order valence-electron chi connectivity index (χ4n) is 3.00. The second-order valence-corrected chi connectivity index (χ2v) is 5.23. The topological polar surface area (TPSA) is 12.0 Å². The number of halogens is 3. The standard InChI is InChI=1S/C15H20F3N/c1-2-19-15(10-6-4-3-5-7-10)11-8-12(16)14(18)13(17)9-11/h8-10,15,19H,2-7H2,1H3. The minimum atomic E-state index is -1.39. The van der Waals surface area contributed by atoms with Gasteiger partial charge in [-0.3, -0.25) is 0 Å². The van der Waals surface area contributed by atoms with Crippen LogP contribution < -0.4 is 5.32 Å². The predicted molar refractivity (Wildman–Crippen MR) is 69.3 cm³/mol. The summed E-state index contributed by atoms with van der Waals surface area (Å²) in [6, 6.07) is 2.16. The molecular weight excluding hydrogens is 251 g/mol. The quantitative estimate of drug-likeness (QED) is 0.803. The molecule has 1 fully saturated rings. The van der Waals surface area contributed by atoms with Crippen LogP contribution in [0.3, 0.4) is 0 Å². The van der Waals surface area contributed by atoms with Crippen LogP contribution in [0.5, 0.6) is 0 Å². The molecule has 0 radical (unpaired) electrons. The third-order valence-corrected chi connectivity index (χ3v) is 3.91.